The quantitative estimate of drug-likeness (QED) is 0.526. The number of benzene rings is 1. The first-order valence-electron chi connectivity index (χ1n) is 10.5. The lowest BCUT2D eigenvalue weighted by atomic mass is 9.83. The third kappa shape index (κ3) is 4.01. The highest BCUT2D eigenvalue weighted by Gasteiger charge is 2.41. The number of pyridine rings is 1. The molecular weight excluding hydrogens is 440 g/mol. The number of methoxy groups -OCH3 is 1. The van der Waals surface area contributed by atoms with Crippen LogP contribution in [0.3, 0.4) is 0 Å². The summed E-state index contributed by atoms with van der Waals surface area (Å²) in [6, 6.07) is 0.781. The number of aromatic nitrogens is 1. The van der Waals surface area contributed by atoms with E-state index in [0.717, 1.165) is 24.0 Å². The second-order valence-corrected chi connectivity index (χ2v) is 8.54. The zero-order valence-electron chi connectivity index (χ0n) is 18.0. The first kappa shape index (κ1) is 23.3. The highest BCUT2D eigenvalue weighted by molar-refractivity contribution is 5.95. The van der Waals surface area contributed by atoms with Gasteiger partial charge in [-0.25, -0.2) is 13.6 Å². The van der Waals surface area contributed by atoms with Crippen molar-refractivity contribution in [3.63, 3.8) is 0 Å². The average molecular weight is 465 g/mol. The van der Waals surface area contributed by atoms with E-state index in [0.29, 0.717) is 0 Å². The first-order chi connectivity index (χ1) is 15.6. The van der Waals surface area contributed by atoms with Crippen molar-refractivity contribution in [1.29, 1.82) is 0 Å². The largest absolute Gasteiger partial charge is 0.494 e. The van der Waals surface area contributed by atoms with Gasteiger partial charge in [0.2, 0.25) is 5.43 Å². The Balaban J connectivity index is 2.03. The highest BCUT2D eigenvalue weighted by Crippen LogP contribution is 2.46. The van der Waals surface area contributed by atoms with Gasteiger partial charge in [0.1, 0.15) is 22.8 Å². The second kappa shape index (κ2) is 8.49. The molecule has 1 saturated carbocycles. The zero-order valence-corrected chi connectivity index (χ0v) is 18.0. The molecule has 2 heterocycles. The van der Waals surface area contributed by atoms with E-state index in [1.165, 1.54) is 13.3 Å². The predicted molar refractivity (Wildman–Crippen MR) is 114 cm³/mol. The van der Waals surface area contributed by atoms with Gasteiger partial charge in [0.05, 0.1) is 23.6 Å². The van der Waals surface area contributed by atoms with Gasteiger partial charge in [-0.15, -0.1) is 0 Å². The summed E-state index contributed by atoms with van der Waals surface area (Å²) in [5, 5.41) is 31.7. The topological polar surface area (TPSA) is 138 Å². The smallest absolute Gasteiger partial charge is 0.341 e. The fourth-order valence-corrected chi connectivity index (χ4v) is 4.53. The summed E-state index contributed by atoms with van der Waals surface area (Å²) in [6.45, 7) is -0.751. The highest BCUT2D eigenvalue weighted by atomic mass is 19.1. The third-order valence-corrected chi connectivity index (χ3v) is 6.29. The van der Waals surface area contributed by atoms with E-state index in [2.05, 4.69) is 0 Å². The Morgan fingerprint density at radius 3 is 2.67 bits per heavy atom. The Hall–Kier alpha value is -2.86. The number of carbonyl (C=O) groups is 1. The second-order valence-electron chi connectivity index (χ2n) is 8.54. The molecule has 33 heavy (non-hydrogen) atoms. The van der Waals surface area contributed by atoms with Gasteiger partial charge in [0, 0.05) is 38.3 Å². The lowest BCUT2D eigenvalue weighted by Gasteiger charge is -2.30. The van der Waals surface area contributed by atoms with Crippen LogP contribution in [-0.2, 0) is 5.60 Å². The molecule has 0 bridgehead atoms. The van der Waals surface area contributed by atoms with Crippen LogP contribution in [0.15, 0.2) is 28.5 Å². The molecule has 2 aliphatic rings. The summed E-state index contributed by atoms with van der Waals surface area (Å²) in [4.78, 5) is 24.4. The van der Waals surface area contributed by atoms with Gasteiger partial charge >= 0.3 is 5.97 Å². The van der Waals surface area contributed by atoms with Crippen LogP contribution in [0.25, 0.3) is 10.9 Å². The number of fused-ring (bicyclic) bond motifs is 1. The predicted octanol–water partition coefficient (Wildman–Crippen LogP) is 2.04. The van der Waals surface area contributed by atoms with Crippen molar-refractivity contribution in [2.45, 2.75) is 37.3 Å². The molecular formula is C22H25F2N3O6. The maximum Gasteiger partial charge on any atom is 0.341 e. The van der Waals surface area contributed by atoms with Gasteiger partial charge in [0.25, 0.3) is 0 Å². The molecule has 0 spiro atoms. The van der Waals surface area contributed by atoms with E-state index in [1.54, 1.807) is 4.57 Å². The number of aromatic carboxylic acids is 1. The molecule has 9 nitrogen and oxygen atoms in total. The molecule has 0 radical (unpaired) electrons. The van der Waals surface area contributed by atoms with Crippen molar-refractivity contribution >= 4 is 16.9 Å². The number of nitrogens with zero attached hydrogens (tertiary/aromatic N) is 2. The van der Waals surface area contributed by atoms with Crippen molar-refractivity contribution in [3.8, 4) is 5.75 Å². The molecule has 1 aromatic carbocycles. The van der Waals surface area contributed by atoms with Crippen LogP contribution in [0.2, 0.25) is 0 Å². The van der Waals surface area contributed by atoms with Gasteiger partial charge in [-0.2, -0.15) is 5.06 Å². The average Bonchev–Trinajstić information content (AvgIpc) is 3.62. The summed E-state index contributed by atoms with van der Waals surface area (Å²) < 4.78 is 37.0. The van der Waals surface area contributed by atoms with Gasteiger partial charge < -0.3 is 30.5 Å². The lowest BCUT2D eigenvalue weighted by Crippen LogP contribution is -2.31. The Bertz CT molecular complexity index is 1220. The fraction of sp³-hybridized carbons (Fsp3) is 0.455. The van der Waals surface area contributed by atoms with Crippen LogP contribution in [0, 0.1) is 5.82 Å². The minimum absolute atomic E-state index is 0.0161. The summed E-state index contributed by atoms with van der Waals surface area (Å²) in [7, 11) is 1.25. The van der Waals surface area contributed by atoms with E-state index < -0.39 is 40.8 Å². The number of hydrogen-bond donors (Lipinski definition) is 4. The van der Waals surface area contributed by atoms with Gasteiger partial charge in [-0.1, -0.05) is 0 Å². The Kier molecular flexibility index (Phi) is 5.99. The summed E-state index contributed by atoms with van der Waals surface area (Å²) in [6.07, 6.45) is 2.15. The normalized spacial score (nSPS) is 23.5. The molecule has 4 rings (SSSR count). The van der Waals surface area contributed by atoms with E-state index >= 15 is 4.39 Å². The van der Waals surface area contributed by atoms with E-state index in [9.17, 15) is 29.4 Å². The zero-order chi connectivity index (χ0) is 24.1. The maximum atomic E-state index is 15.6. The number of hydrogen-bond acceptors (Lipinski definition) is 7. The SMILES string of the molecule is COc1c(C2(O)CCN(O)C/C(=C(\F)CN)C2)c(F)cc2c(=O)c(C(=O)O)cn(C3CC3)c12. The minimum atomic E-state index is -1.99. The molecule has 2 aromatic rings. The lowest BCUT2D eigenvalue weighted by molar-refractivity contribution is -0.0900. The van der Waals surface area contributed by atoms with Crippen LogP contribution >= 0.6 is 0 Å². The molecule has 0 amide bonds. The molecule has 1 atom stereocenters. The van der Waals surface area contributed by atoms with E-state index in [-0.39, 0.29) is 59.8 Å². The number of nitrogens with two attached hydrogens (primary N) is 1. The molecule has 2 fully saturated rings. The summed E-state index contributed by atoms with van der Waals surface area (Å²) in [5.74, 6) is -3.29. The molecule has 5 N–H and O–H groups in total. The van der Waals surface area contributed by atoms with E-state index in [4.69, 9.17) is 10.5 Å². The van der Waals surface area contributed by atoms with Gasteiger partial charge in [-0.05, 0) is 30.9 Å². The van der Waals surface area contributed by atoms with Crippen molar-refractivity contribution in [2.75, 3.05) is 26.7 Å². The number of halogens is 2. The molecule has 1 unspecified atom stereocenters. The molecule has 11 heteroatoms. The third-order valence-electron chi connectivity index (χ3n) is 6.29. The summed E-state index contributed by atoms with van der Waals surface area (Å²) >= 11 is 0. The molecule has 178 valence electrons. The monoisotopic (exact) mass is 465 g/mol. The Morgan fingerprint density at radius 1 is 1.39 bits per heavy atom. The Morgan fingerprint density at radius 2 is 2.09 bits per heavy atom. The van der Waals surface area contributed by atoms with Gasteiger partial charge in [0.15, 0.2) is 5.75 Å². The number of hydroxylamine groups is 2. The Labute approximate surface area is 187 Å². The van der Waals surface area contributed by atoms with Crippen molar-refractivity contribution in [1.82, 2.24) is 9.63 Å². The minimum Gasteiger partial charge on any atom is -0.494 e. The number of ether oxygens (including phenoxy) is 1. The number of rotatable bonds is 5. The molecule has 1 aliphatic heterocycles. The maximum absolute atomic E-state index is 15.6. The standard InChI is InChI=1S/C22H25F2N3O6/c1-33-20-17(22(31)4-5-26(32)9-11(7-22)16(24)8-25)15(23)6-13-18(20)27(12-2-3-12)10-14(19(13)28)21(29)30/h6,10,12,31-32H,2-5,7-9,25H2,1H3,(H,29,30)/b16-11-. The number of carboxylic acids is 1. The van der Waals surface area contributed by atoms with Crippen molar-refractivity contribution in [3.05, 3.63) is 50.8 Å². The number of carboxylic acid groups (broad SMARTS) is 1. The van der Waals surface area contributed by atoms with Crippen LogP contribution in [0.1, 0.15) is 47.6 Å². The van der Waals surface area contributed by atoms with E-state index in [1.807, 2.05) is 0 Å². The van der Waals surface area contributed by atoms with Gasteiger partial charge in [-0.3, -0.25) is 4.79 Å². The summed E-state index contributed by atoms with van der Waals surface area (Å²) in [5.41, 5.74) is 1.94. The van der Waals surface area contributed by atoms with Crippen LogP contribution in [0.4, 0.5) is 8.78 Å². The van der Waals surface area contributed by atoms with Crippen LogP contribution in [-0.4, -0.2) is 57.8 Å². The number of aliphatic hydroxyl groups is 1. The van der Waals surface area contributed by atoms with Crippen molar-refractivity contribution in [2.24, 2.45) is 5.73 Å². The van der Waals surface area contributed by atoms with Crippen molar-refractivity contribution < 1.29 is 33.7 Å². The first-order valence-corrected chi connectivity index (χ1v) is 10.5. The molecule has 1 aliphatic carbocycles. The molecule has 1 saturated heterocycles. The van der Waals surface area contributed by atoms with Crippen LogP contribution in [0.5, 0.6) is 5.75 Å². The fourth-order valence-electron chi connectivity index (χ4n) is 4.53. The molecule has 1 aromatic heterocycles. The van der Waals surface area contributed by atoms with Crippen LogP contribution < -0.4 is 15.9 Å².